The van der Waals surface area contributed by atoms with Gasteiger partial charge < -0.3 is 5.32 Å². The van der Waals surface area contributed by atoms with Crippen LogP contribution in [0.1, 0.15) is 5.56 Å². The second-order valence-electron chi connectivity index (χ2n) is 7.76. The minimum absolute atomic E-state index is 0.0803. The number of carbonyl (C=O) groups excluding carboxylic acids is 1. The van der Waals surface area contributed by atoms with Crippen molar-refractivity contribution in [1.29, 1.82) is 0 Å². The van der Waals surface area contributed by atoms with Crippen molar-refractivity contribution in [1.82, 2.24) is 0 Å². The van der Waals surface area contributed by atoms with Crippen molar-refractivity contribution >= 4 is 62.3 Å². The molecule has 0 saturated heterocycles. The van der Waals surface area contributed by atoms with Gasteiger partial charge in [0.1, 0.15) is 6.54 Å². The average Bonchev–Trinajstić information content (AvgIpc) is 2.88. The second-order valence-corrected chi connectivity index (χ2v) is 11.5. The van der Waals surface area contributed by atoms with Gasteiger partial charge in [0, 0.05) is 20.7 Å². The lowest BCUT2D eigenvalue weighted by molar-refractivity contribution is -0.114. The van der Waals surface area contributed by atoms with E-state index in [0.717, 1.165) is 14.8 Å². The molecule has 36 heavy (non-hydrogen) atoms. The minimum atomic E-state index is -4.02. The van der Waals surface area contributed by atoms with Crippen molar-refractivity contribution in [3.63, 3.8) is 0 Å². The maximum absolute atomic E-state index is 13.5. The van der Waals surface area contributed by atoms with Crippen molar-refractivity contribution in [2.75, 3.05) is 16.2 Å². The number of hydrogen-bond donors (Lipinski definition) is 1. The number of hydrogen-bond acceptors (Lipinski definition) is 4. The van der Waals surface area contributed by atoms with Gasteiger partial charge in [0.25, 0.3) is 10.0 Å². The molecular weight excluding hydrogens is 535 g/mol. The number of rotatable bonds is 9. The highest BCUT2D eigenvalue weighted by molar-refractivity contribution is 7.98. The molecule has 0 unspecified atom stereocenters. The first-order valence-corrected chi connectivity index (χ1v) is 14.1. The average molecular weight is 558 g/mol. The number of anilines is 2. The Morgan fingerprint density at radius 1 is 0.806 bits per heavy atom. The van der Waals surface area contributed by atoms with Gasteiger partial charge in [-0.05, 0) is 60.2 Å². The van der Waals surface area contributed by atoms with Gasteiger partial charge in [0.2, 0.25) is 5.91 Å². The van der Waals surface area contributed by atoms with Gasteiger partial charge in [-0.15, -0.1) is 11.8 Å². The lowest BCUT2D eigenvalue weighted by Gasteiger charge is -2.24. The Morgan fingerprint density at radius 3 is 2.22 bits per heavy atom. The zero-order valence-corrected chi connectivity index (χ0v) is 22.1. The Balaban J connectivity index is 1.55. The number of nitrogens with zero attached hydrogens (tertiary/aromatic N) is 1. The van der Waals surface area contributed by atoms with Crippen LogP contribution in [0.4, 0.5) is 11.4 Å². The smallest absolute Gasteiger partial charge is 0.264 e. The standard InChI is InChI=1S/C27H22Cl2N2O3S2/c28-21-15-13-20(14-16-21)19-35-26-12-5-4-11-25(26)30-27(32)18-31(23-8-6-7-22(29)17-23)36(33,34)24-9-2-1-3-10-24/h1-17H,18-19H2,(H,30,32). The van der Waals surface area contributed by atoms with E-state index in [0.29, 0.717) is 27.2 Å². The Morgan fingerprint density at radius 2 is 1.50 bits per heavy atom. The fraction of sp³-hybridized carbons (Fsp3) is 0.0741. The van der Waals surface area contributed by atoms with Gasteiger partial charge in [-0.2, -0.15) is 0 Å². The van der Waals surface area contributed by atoms with Crippen molar-refractivity contribution in [2.45, 2.75) is 15.5 Å². The molecule has 184 valence electrons. The molecule has 0 saturated carbocycles. The molecule has 4 rings (SSSR count). The number of halogens is 2. The van der Waals surface area contributed by atoms with Crippen LogP contribution in [0.25, 0.3) is 0 Å². The van der Waals surface area contributed by atoms with Gasteiger partial charge in [0.15, 0.2) is 0 Å². The zero-order valence-electron chi connectivity index (χ0n) is 19.0. The third-order valence-electron chi connectivity index (χ3n) is 5.18. The van der Waals surface area contributed by atoms with E-state index >= 15 is 0 Å². The molecule has 9 heteroatoms. The van der Waals surface area contributed by atoms with E-state index in [4.69, 9.17) is 23.2 Å². The molecule has 0 aliphatic carbocycles. The number of carbonyl (C=O) groups is 1. The molecule has 1 amide bonds. The van der Waals surface area contributed by atoms with Crippen LogP contribution >= 0.6 is 35.0 Å². The molecule has 4 aromatic rings. The Bertz CT molecular complexity index is 1450. The van der Waals surface area contributed by atoms with E-state index in [1.165, 1.54) is 18.2 Å². The first kappa shape index (κ1) is 26.1. The number of sulfonamides is 1. The van der Waals surface area contributed by atoms with E-state index in [2.05, 4.69) is 5.32 Å². The maximum atomic E-state index is 13.5. The summed E-state index contributed by atoms with van der Waals surface area (Å²) in [6.07, 6.45) is 0. The molecule has 4 aromatic carbocycles. The van der Waals surface area contributed by atoms with Gasteiger partial charge in [-0.1, -0.05) is 71.7 Å². The third kappa shape index (κ3) is 6.62. The molecule has 0 fully saturated rings. The van der Waals surface area contributed by atoms with Crippen molar-refractivity contribution in [3.05, 3.63) is 119 Å². The van der Waals surface area contributed by atoms with Gasteiger partial charge in [-0.25, -0.2) is 8.42 Å². The Labute approximate surface area is 225 Å². The Hall–Kier alpha value is -2.97. The van der Waals surface area contributed by atoms with Gasteiger partial charge in [-0.3, -0.25) is 9.10 Å². The predicted octanol–water partition coefficient (Wildman–Crippen LogP) is 7.12. The first-order valence-electron chi connectivity index (χ1n) is 10.9. The van der Waals surface area contributed by atoms with Crippen molar-refractivity contribution in [3.8, 4) is 0 Å². The fourth-order valence-corrected chi connectivity index (χ4v) is 6.13. The van der Waals surface area contributed by atoms with Crippen LogP contribution < -0.4 is 9.62 Å². The summed E-state index contributed by atoms with van der Waals surface area (Å²) in [7, 11) is -4.02. The monoisotopic (exact) mass is 556 g/mol. The van der Waals surface area contributed by atoms with Crippen LogP contribution in [-0.4, -0.2) is 20.9 Å². The van der Waals surface area contributed by atoms with Crippen LogP contribution in [0.3, 0.4) is 0 Å². The molecule has 0 heterocycles. The molecular formula is C27H22Cl2N2O3S2. The SMILES string of the molecule is O=C(CN(c1cccc(Cl)c1)S(=O)(=O)c1ccccc1)Nc1ccccc1SCc1ccc(Cl)cc1. The largest absolute Gasteiger partial charge is 0.323 e. The summed E-state index contributed by atoms with van der Waals surface area (Å²) in [4.78, 5) is 14.1. The number of benzene rings is 4. The summed E-state index contributed by atoms with van der Waals surface area (Å²) in [6.45, 7) is -0.423. The van der Waals surface area contributed by atoms with E-state index in [1.54, 1.807) is 54.2 Å². The molecule has 5 nitrogen and oxygen atoms in total. The molecule has 0 bridgehead atoms. The number of thioether (sulfide) groups is 1. The summed E-state index contributed by atoms with van der Waals surface area (Å²) in [5, 5.41) is 3.91. The van der Waals surface area contributed by atoms with E-state index < -0.39 is 22.5 Å². The quantitative estimate of drug-likeness (QED) is 0.223. The molecule has 0 atom stereocenters. The molecule has 0 aromatic heterocycles. The minimum Gasteiger partial charge on any atom is -0.323 e. The lowest BCUT2D eigenvalue weighted by Crippen LogP contribution is -2.38. The third-order valence-corrected chi connectivity index (χ3v) is 8.60. The molecule has 0 aliphatic rings. The summed E-state index contributed by atoms with van der Waals surface area (Å²) < 4.78 is 28.0. The fourth-order valence-electron chi connectivity index (χ4n) is 3.42. The lowest BCUT2D eigenvalue weighted by atomic mass is 10.2. The number of nitrogens with one attached hydrogen (secondary N) is 1. The Kier molecular flexibility index (Phi) is 8.59. The van der Waals surface area contributed by atoms with Crippen LogP contribution in [-0.2, 0) is 20.6 Å². The second kappa shape index (κ2) is 11.8. The van der Waals surface area contributed by atoms with E-state index in [9.17, 15) is 13.2 Å². The van der Waals surface area contributed by atoms with Gasteiger partial charge >= 0.3 is 0 Å². The zero-order chi connectivity index (χ0) is 25.5. The molecule has 0 spiro atoms. The van der Waals surface area contributed by atoms with Crippen LogP contribution in [0.5, 0.6) is 0 Å². The summed E-state index contributed by atoms with van der Waals surface area (Å²) in [5.74, 6) is 0.204. The van der Waals surface area contributed by atoms with Crippen molar-refractivity contribution in [2.24, 2.45) is 0 Å². The summed E-state index contributed by atoms with van der Waals surface area (Å²) in [6, 6.07) is 29.4. The topological polar surface area (TPSA) is 66.5 Å². The normalized spacial score (nSPS) is 11.2. The van der Waals surface area contributed by atoms with Crippen LogP contribution in [0.15, 0.2) is 113 Å². The highest BCUT2D eigenvalue weighted by atomic mass is 35.5. The predicted molar refractivity (Wildman–Crippen MR) is 149 cm³/mol. The van der Waals surface area contributed by atoms with Crippen LogP contribution in [0, 0.1) is 0 Å². The van der Waals surface area contributed by atoms with E-state index in [-0.39, 0.29) is 4.90 Å². The summed E-state index contributed by atoms with van der Waals surface area (Å²) >= 11 is 13.7. The molecule has 0 radical (unpaired) electrons. The number of amides is 1. The maximum Gasteiger partial charge on any atom is 0.264 e. The van der Waals surface area contributed by atoms with Gasteiger partial charge in [0.05, 0.1) is 16.3 Å². The molecule has 1 N–H and O–H groups in total. The highest BCUT2D eigenvalue weighted by Crippen LogP contribution is 2.31. The number of para-hydroxylation sites is 1. The first-order chi connectivity index (χ1) is 17.3. The highest BCUT2D eigenvalue weighted by Gasteiger charge is 2.27. The van der Waals surface area contributed by atoms with E-state index in [1.807, 2.05) is 42.5 Å². The summed E-state index contributed by atoms with van der Waals surface area (Å²) in [5.41, 5.74) is 1.99. The van der Waals surface area contributed by atoms with Crippen molar-refractivity contribution < 1.29 is 13.2 Å². The van der Waals surface area contributed by atoms with Crippen LogP contribution in [0.2, 0.25) is 10.0 Å². The molecule has 0 aliphatic heterocycles.